The van der Waals surface area contributed by atoms with Gasteiger partial charge in [0.25, 0.3) is 0 Å². The lowest BCUT2D eigenvalue weighted by Crippen LogP contribution is -2.03. The van der Waals surface area contributed by atoms with Gasteiger partial charge in [-0.15, -0.1) is 0 Å². The highest BCUT2D eigenvalue weighted by molar-refractivity contribution is 6.18. The molecule has 0 fully saturated rings. The predicted molar refractivity (Wildman–Crippen MR) is 178 cm³/mol. The third-order valence-electron chi connectivity index (χ3n) is 9.08. The number of rotatable bonds is 2. The maximum atomic E-state index is 6.43. The lowest BCUT2D eigenvalue weighted by atomic mass is 9.96. The first-order valence-electron chi connectivity index (χ1n) is 14.7. The molecule has 0 saturated carbocycles. The van der Waals surface area contributed by atoms with Crippen LogP contribution in [0.2, 0.25) is 0 Å². The zero-order valence-electron chi connectivity index (χ0n) is 23.2. The summed E-state index contributed by atoms with van der Waals surface area (Å²) in [7, 11) is 0. The Bertz CT molecular complexity index is 2550. The summed E-state index contributed by atoms with van der Waals surface area (Å²) < 4.78 is 11.2. The minimum atomic E-state index is 0.884. The Morgan fingerprint density at radius 3 is 1.86 bits per heavy atom. The molecule has 3 heteroatoms. The first-order valence-corrected chi connectivity index (χ1v) is 14.7. The summed E-state index contributed by atoms with van der Waals surface area (Å²) in [4.78, 5) is 0. The van der Waals surface area contributed by atoms with Crippen molar-refractivity contribution < 1.29 is 4.74 Å². The van der Waals surface area contributed by atoms with E-state index >= 15 is 0 Å². The van der Waals surface area contributed by atoms with Gasteiger partial charge in [0.05, 0.1) is 27.8 Å². The summed E-state index contributed by atoms with van der Waals surface area (Å²) in [6.07, 6.45) is 0. The van der Waals surface area contributed by atoms with Gasteiger partial charge in [0, 0.05) is 27.2 Å². The molecule has 43 heavy (non-hydrogen) atoms. The summed E-state index contributed by atoms with van der Waals surface area (Å²) in [5, 5.41) is 7.45. The smallest absolute Gasteiger partial charge is 0.152 e. The van der Waals surface area contributed by atoms with Crippen molar-refractivity contribution >= 4 is 54.4 Å². The van der Waals surface area contributed by atoms with Crippen molar-refractivity contribution in [2.24, 2.45) is 0 Å². The lowest BCUT2D eigenvalue weighted by Gasteiger charge is -2.21. The van der Waals surface area contributed by atoms with Gasteiger partial charge in [0.2, 0.25) is 0 Å². The van der Waals surface area contributed by atoms with E-state index in [4.69, 9.17) is 4.74 Å². The van der Waals surface area contributed by atoms with Gasteiger partial charge < -0.3 is 13.9 Å². The summed E-state index contributed by atoms with van der Waals surface area (Å²) in [5.41, 5.74) is 9.43. The van der Waals surface area contributed by atoms with Gasteiger partial charge in [0.15, 0.2) is 11.5 Å². The number of hydrogen-bond donors (Lipinski definition) is 0. The van der Waals surface area contributed by atoms with E-state index in [0.29, 0.717) is 0 Å². The van der Waals surface area contributed by atoms with Gasteiger partial charge >= 0.3 is 0 Å². The molecule has 0 saturated heterocycles. The second-order valence-corrected chi connectivity index (χ2v) is 11.4. The molecule has 200 valence electrons. The van der Waals surface area contributed by atoms with Gasteiger partial charge in [-0.2, -0.15) is 0 Å². The monoisotopic (exact) mass is 548 g/mol. The molecule has 0 atom stereocenters. The molecule has 0 spiro atoms. The number of aromatic nitrogens is 2. The Morgan fingerprint density at radius 2 is 1.07 bits per heavy atom. The Kier molecular flexibility index (Phi) is 4.45. The van der Waals surface area contributed by atoms with Crippen LogP contribution in [0.4, 0.5) is 0 Å². The summed E-state index contributed by atoms with van der Waals surface area (Å²) in [5.74, 6) is 1.78. The Balaban J connectivity index is 1.18. The zero-order valence-corrected chi connectivity index (χ0v) is 23.2. The van der Waals surface area contributed by atoms with Crippen LogP contribution in [0.15, 0.2) is 146 Å². The maximum absolute atomic E-state index is 6.43. The van der Waals surface area contributed by atoms with Crippen molar-refractivity contribution in [1.82, 2.24) is 9.13 Å². The molecule has 1 aliphatic heterocycles. The van der Waals surface area contributed by atoms with Crippen LogP contribution >= 0.6 is 0 Å². The van der Waals surface area contributed by atoms with Crippen LogP contribution in [0, 0.1) is 0 Å². The predicted octanol–water partition coefficient (Wildman–Crippen LogP) is 10.8. The maximum Gasteiger partial charge on any atom is 0.152 e. The summed E-state index contributed by atoms with van der Waals surface area (Å²) >= 11 is 0. The molecule has 3 heterocycles. The number of fused-ring (bicyclic) bond motifs is 9. The quantitative estimate of drug-likeness (QED) is 0.210. The third kappa shape index (κ3) is 3.08. The Hall–Kier alpha value is -5.80. The number of nitrogens with zero attached hydrogens (tertiary/aromatic N) is 2. The first kappa shape index (κ1) is 22.8. The highest BCUT2D eigenvalue weighted by Gasteiger charge is 2.25. The van der Waals surface area contributed by atoms with E-state index in [-0.39, 0.29) is 0 Å². The molecule has 0 bridgehead atoms. The average Bonchev–Trinajstić information content (AvgIpc) is 3.59. The molecular formula is C40H24N2O. The summed E-state index contributed by atoms with van der Waals surface area (Å²) in [6, 6.07) is 52.3. The van der Waals surface area contributed by atoms with Crippen LogP contribution in [-0.2, 0) is 0 Å². The van der Waals surface area contributed by atoms with Crippen molar-refractivity contribution in [2.75, 3.05) is 0 Å². The van der Waals surface area contributed by atoms with E-state index in [1.165, 1.54) is 65.7 Å². The van der Waals surface area contributed by atoms with Crippen molar-refractivity contribution in [3.8, 4) is 34.0 Å². The molecule has 3 nitrogen and oxygen atoms in total. The molecule has 0 unspecified atom stereocenters. The van der Waals surface area contributed by atoms with Crippen molar-refractivity contribution in [2.45, 2.75) is 0 Å². The SMILES string of the molecule is c1ccc2c(c1)Oc1ccc(-c3ccc4cc(-n5c6ccccc6c6ccccc65)ccc4c3)c3c4ccccc4n-2c13. The molecular weight excluding hydrogens is 524 g/mol. The topological polar surface area (TPSA) is 19.1 Å². The molecule has 0 aliphatic carbocycles. The number of ether oxygens (including phenoxy) is 1. The van der Waals surface area contributed by atoms with Crippen LogP contribution in [0.3, 0.4) is 0 Å². The van der Waals surface area contributed by atoms with Crippen molar-refractivity contribution in [1.29, 1.82) is 0 Å². The van der Waals surface area contributed by atoms with Crippen LogP contribution in [0.1, 0.15) is 0 Å². The van der Waals surface area contributed by atoms with E-state index in [1.807, 2.05) is 12.1 Å². The van der Waals surface area contributed by atoms with Crippen molar-refractivity contribution in [3.63, 3.8) is 0 Å². The molecule has 10 rings (SSSR count). The largest absolute Gasteiger partial charge is 0.453 e. The fraction of sp³-hybridized carbons (Fsp3) is 0. The number of benzene rings is 7. The number of para-hydroxylation sites is 5. The Labute approximate surface area is 247 Å². The average molecular weight is 549 g/mol. The highest BCUT2D eigenvalue weighted by Crippen LogP contribution is 2.48. The fourth-order valence-electron chi connectivity index (χ4n) is 7.23. The molecule has 0 amide bonds. The van der Waals surface area contributed by atoms with Gasteiger partial charge in [-0.25, -0.2) is 0 Å². The van der Waals surface area contributed by atoms with E-state index in [2.05, 4.69) is 143 Å². The second kappa shape index (κ2) is 8.37. The molecule has 0 N–H and O–H groups in total. The van der Waals surface area contributed by atoms with Crippen LogP contribution < -0.4 is 4.74 Å². The lowest BCUT2D eigenvalue weighted by molar-refractivity contribution is 0.476. The number of hydrogen-bond acceptors (Lipinski definition) is 1. The van der Waals surface area contributed by atoms with Gasteiger partial charge in [-0.3, -0.25) is 0 Å². The van der Waals surface area contributed by atoms with Gasteiger partial charge in [0.1, 0.15) is 0 Å². The zero-order chi connectivity index (χ0) is 28.1. The minimum absolute atomic E-state index is 0.884. The van der Waals surface area contributed by atoms with E-state index in [0.717, 1.165) is 22.7 Å². The fourth-order valence-corrected chi connectivity index (χ4v) is 7.23. The first-order chi connectivity index (χ1) is 21.3. The normalized spacial score (nSPS) is 12.4. The van der Waals surface area contributed by atoms with Crippen LogP contribution in [-0.4, -0.2) is 9.13 Å². The molecule has 0 radical (unpaired) electrons. The van der Waals surface area contributed by atoms with E-state index < -0.39 is 0 Å². The van der Waals surface area contributed by atoms with Gasteiger partial charge in [-0.05, 0) is 82.6 Å². The van der Waals surface area contributed by atoms with E-state index in [9.17, 15) is 0 Å². The van der Waals surface area contributed by atoms with Crippen molar-refractivity contribution in [3.05, 3.63) is 146 Å². The third-order valence-corrected chi connectivity index (χ3v) is 9.08. The molecule has 7 aromatic carbocycles. The van der Waals surface area contributed by atoms with E-state index in [1.54, 1.807) is 0 Å². The highest BCUT2D eigenvalue weighted by atomic mass is 16.5. The van der Waals surface area contributed by atoms with Crippen LogP contribution in [0.5, 0.6) is 11.5 Å². The summed E-state index contributed by atoms with van der Waals surface area (Å²) in [6.45, 7) is 0. The second-order valence-electron chi connectivity index (χ2n) is 11.4. The molecule has 1 aliphatic rings. The molecule has 2 aromatic heterocycles. The minimum Gasteiger partial charge on any atom is -0.453 e. The molecule has 9 aromatic rings. The standard InChI is InChI=1S/C40H24N2O/c1-4-12-33-30(9-1)31-10-2-5-13-34(31)41(33)28-20-19-25-23-27(18-17-26(25)24-28)29-21-22-38-40-39(29)32-11-3-6-14-35(32)42(40)36-15-7-8-16-37(36)43-38/h1-24H. The van der Waals surface area contributed by atoms with Crippen LogP contribution in [0.25, 0.3) is 76.9 Å². The van der Waals surface area contributed by atoms with Gasteiger partial charge in [-0.1, -0.05) is 84.9 Å². The Morgan fingerprint density at radius 1 is 0.442 bits per heavy atom.